The number of halogens is 1. The van der Waals surface area contributed by atoms with Crippen molar-refractivity contribution in [1.29, 1.82) is 5.26 Å². The maximum absolute atomic E-state index is 9.04. The fourth-order valence-corrected chi connectivity index (χ4v) is 2.23. The third-order valence-corrected chi connectivity index (χ3v) is 3.07. The molecule has 3 nitrogen and oxygen atoms in total. The van der Waals surface area contributed by atoms with Crippen LogP contribution in [0.15, 0.2) is 12.3 Å². The van der Waals surface area contributed by atoms with Crippen LogP contribution in [0, 0.1) is 11.3 Å². The number of nitriles is 1. The maximum Gasteiger partial charge on any atom is 0.147 e. The van der Waals surface area contributed by atoms with E-state index in [1.165, 1.54) is 0 Å². The molecule has 0 saturated carbocycles. The van der Waals surface area contributed by atoms with Gasteiger partial charge in [-0.25, -0.2) is 4.98 Å². The molecule has 1 aliphatic heterocycles. The number of aromatic nitrogens is 1. The van der Waals surface area contributed by atoms with Crippen molar-refractivity contribution in [1.82, 2.24) is 10.3 Å². The Bertz CT molecular complexity index is 391. The molecule has 0 aliphatic carbocycles. The van der Waals surface area contributed by atoms with Gasteiger partial charge in [0, 0.05) is 12.7 Å². The Kier molecular flexibility index (Phi) is 3.20. The zero-order chi connectivity index (χ0) is 10.7. The predicted molar refractivity (Wildman–Crippen MR) is 58.8 cm³/mol. The highest BCUT2D eigenvalue weighted by Gasteiger charge is 2.19. The molecule has 0 aromatic carbocycles. The Hall–Kier alpha value is -1.11. The SMILES string of the molecule is N#Cc1c(C2CCCNC2)ccnc1Cl. The van der Waals surface area contributed by atoms with Crippen LogP contribution in [0.4, 0.5) is 0 Å². The summed E-state index contributed by atoms with van der Waals surface area (Å²) in [5.41, 5.74) is 1.57. The summed E-state index contributed by atoms with van der Waals surface area (Å²) in [5, 5.41) is 12.7. The van der Waals surface area contributed by atoms with E-state index in [0.717, 1.165) is 31.5 Å². The number of piperidine rings is 1. The first-order valence-electron chi connectivity index (χ1n) is 5.08. The van der Waals surface area contributed by atoms with Crippen LogP contribution in [0.3, 0.4) is 0 Å². The summed E-state index contributed by atoms with van der Waals surface area (Å²) in [4.78, 5) is 3.93. The molecule has 1 aromatic rings. The van der Waals surface area contributed by atoms with E-state index in [9.17, 15) is 0 Å². The molecule has 15 heavy (non-hydrogen) atoms. The largest absolute Gasteiger partial charge is 0.316 e. The molecule has 1 N–H and O–H groups in total. The second-order valence-electron chi connectivity index (χ2n) is 3.72. The standard InChI is InChI=1S/C11H12ClN3/c12-11-10(6-13)9(3-5-15-11)8-2-1-4-14-7-8/h3,5,8,14H,1-2,4,7H2. The fourth-order valence-electron chi connectivity index (χ4n) is 2.02. The molecular weight excluding hydrogens is 210 g/mol. The van der Waals surface area contributed by atoms with Gasteiger partial charge in [0.2, 0.25) is 0 Å². The summed E-state index contributed by atoms with van der Waals surface area (Å²) in [6.45, 7) is 1.99. The average Bonchev–Trinajstić information content (AvgIpc) is 2.30. The average molecular weight is 222 g/mol. The molecule has 0 amide bonds. The van der Waals surface area contributed by atoms with Gasteiger partial charge in [-0.1, -0.05) is 11.6 Å². The summed E-state index contributed by atoms with van der Waals surface area (Å²) in [5.74, 6) is 0.397. The summed E-state index contributed by atoms with van der Waals surface area (Å²) >= 11 is 5.89. The molecule has 2 heterocycles. The van der Waals surface area contributed by atoms with Gasteiger partial charge in [0.15, 0.2) is 0 Å². The van der Waals surface area contributed by atoms with E-state index in [1.807, 2.05) is 6.07 Å². The van der Waals surface area contributed by atoms with Gasteiger partial charge < -0.3 is 5.32 Å². The topological polar surface area (TPSA) is 48.7 Å². The minimum atomic E-state index is 0.320. The molecule has 1 unspecified atom stereocenters. The number of nitrogens with zero attached hydrogens (tertiary/aromatic N) is 2. The van der Waals surface area contributed by atoms with Gasteiger partial charge in [-0.05, 0) is 36.9 Å². The second-order valence-corrected chi connectivity index (χ2v) is 4.08. The van der Waals surface area contributed by atoms with Gasteiger partial charge in [-0.2, -0.15) is 5.26 Å². The third-order valence-electron chi connectivity index (χ3n) is 2.79. The zero-order valence-electron chi connectivity index (χ0n) is 8.33. The minimum absolute atomic E-state index is 0.320. The van der Waals surface area contributed by atoms with Crippen molar-refractivity contribution in [2.75, 3.05) is 13.1 Å². The Morgan fingerprint density at radius 3 is 3.13 bits per heavy atom. The lowest BCUT2D eigenvalue weighted by atomic mass is 9.90. The first-order valence-corrected chi connectivity index (χ1v) is 5.46. The van der Waals surface area contributed by atoms with Crippen molar-refractivity contribution in [3.63, 3.8) is 0 Å². The van der Waals surface area contributed by atoms with Crippen molar-refractivity contribution < 1.29 is 0 Å². The van der Waals surface area contributed by atoms with Crippen LogP contribution in [0.5, 0.6) is 0 Å². The Morgan fingerprint density at radius 2 is 2.47 bits per heavy atom. The van der Waals surface area contributed by atoms with Crippen LogP contribution in [0.1, 0.15) is 29.9 Å². The second kappa shape index (κ2) is 4.61. The van der Waals surface area contributed by atoms with Crippen molar-refractivity contribution in [2.24, 2.45) is 0 Å². The van der Waals surface area contributed by atoms with Crippen molar-refractivity contribution in [3.05, 3.63) is 28.5 Å². The highest BCUT2D eigenvalue weighted by molar-refractivity contribution is 6.30. The number of rotatable bonds is 1. The lowest BCUT2D eigenvalue weighted by Crippen LogP contribution is -2.28. The van der Waals surface area contributed by atoms with Crippen LogP contribution in [0.25, 0.3) is 0 Å². The summed E-state index contributed by atoms with van der Waals surface area (Å²) in [6, 6.07) is 4.04. The smallest absolute Gasteiger partial charge is 0.147 e. The van der Waals surface area contributed by atoms with E-state index >= 15 is 0 Å². The third kappa shape index (κ3) is 2.11. The van der Waals surface area contributed by atoms with Crippen LogP contribution >= 0.6 is 11.6 Å². The van der Waals surface area contributed by atoms with E-state index in [-0.39, 0.29) is 0 Å². The van der Waals surface area contributed by atoms with Gasteiger partial charge in [-0.3, -0.25) is 0 Å². The molecule has 0 radical (unpaired) electrons. The van der Waals surface area contributed by atoms with E-state index < -0.39 is 0 Å². The first-order chi connectivity index (χ1) is 7.33. The highest BCUT2D eigenvalue weighted by atomic mass is 35.5. The van der Waals surface area contributed by atoms with E-state index in [2.05, 4.69) is 16.4 Å². The Morgan fingerprint density at radius 1 is 1.60 bits per heavy atom. The van der Waals surface area contributed by atoms with Crippen LogP contribution in [0.2, 0.25) is 5.15 Å². The molecule has 1 saturated heterocycles. The first kappa shape index (κ1) is 10.4. The van der Waals surface area contributed by atoms with Crippen molar-refractivity contribution in [3.8, 4) is 6.07 Å². The fraction of sp³-hybridized carbons (Fsp3) is 0.455. The molecule has 2 rings (SSSR count). The lowest BCUT2D eigenvalue weighted by Gasteiger charge is -2.23. The van der Waals surface area contributed by atoms with E-state index in [0.29, 0.717) is 16.6 Å². The minimum Gasteiger partial charge on any atom is -0.316 e. The van der Waals surface area contributed by atoms with Gasteiger partial charge >= 0.3 is 0 Å². The molecule has 4 heteroatoms. The van der Waals surface area contributed by atoms with Crippen molar-refractivity contribution >= 4 is 11.6 Å². The van der Waals surface area contributed by atoms with Gasteiger partial charge in [0.05, 0.1) is 5.56 Å². The molecule has 1 aliphatic rings. The molecule has 78 valence electrons. The quantitative estimate of drug-likeness (QED) is 0.739. The van der Waals surface area contributed by atoms with Gasteiger partial charge in [-0.15, -0.1) is 0 Å². The van der Waals surface area contributed by atoms with Gasteiger partial charge in [0.1, 0.15) is 11.2 Å². The summed E-state index contributed by atoms with van der Waals surface area (Å²) in [6.07, 6.45) is 3.94. The van der Waals surface area contributed by atoms with Gasteiger partial charge in [0.25, 0.3) is 0 Å². The molecule has 1 aromatic heterocycles. The summed E-state index contributed by atoms with van der Waals surface area (Å²) < 4.78 is 0. The Balaban J connectivity index is 2.34. The highest BCUT2D eigenvalue weighted by Crippen LogP contribution is 2.28. The number of pyridine rings is 1. The molecule has 0 spiro atoms. The van der Waals surface area contributed by atoms with E-state index in [1.54, 1.807) is 6.20 Å². The molecule has 1 atom stereocenters. The zero-order valence-corrected chi connectivity index (χ0v) is 9.09. The predicted octanol–water partition coefficient (Wildman–Crippen LogP) is 2.07. The van der Waals surface area contributed by atoms with Crippen LogP contribution in [-0.4, -0.2) is 18.1 Å². The lowest BCUT2D eigenvalue weighted by molar-refractivity contribution is 0.461. The van der Waals surface area contributed by atoms with Crippen molar-refractivity contribution in [2.45, 2.75) is 18.8 Å². The molecular formula is C11H12ClN3. The molecule has 1 fully saturated rings. The molecule has 0 bridgehead atoms. The van der Waals surface area contributed by atoms with Crippen LogP contribution < -0.4 is 5.32 Å². The number of hydrogen-bond acceptors (Lipinski definition) is 3. The van der Waals surface area contributed by atoms with E-state index in [4.69, 9.17) is 16.9 Å². The monoisotopic (exact) mass is 221 g/mol. The maximum atomic E-state index is 9.04. The Labute approximate surface area is 94.1 Å². The number of hydrogen-bond donors (Lipinski definition) is 1. The van der Waals surface area contributed by atoms with Crippen LogP contribution in [-0.2, 0) is 0 Å². The summed E-state index contributed by atoms with van der Waals surface area (Å²) in [7, 11) is 0. The normalized spacial score (nSPS) is 20.9. The number of nitrogens with one attached hydrogen (secondary N) is 1.